The van der Waals surface area contributed by atoms with Gasteiger partial charge in [-0.1, -0.05) is 0 Å². The van der Waals surface area contributed by atoms with E-state index in [1.54, 1.807) is 6.92 Å². The first-order valence-electron chi connectivity index (χ1n) is 2.59. The lowest BCUT2D eigenvalue weighted by Gasteiger charge is -2.06. The minimum atomic E-state index is -0.875. The van der Waals surface area contributed by atoms with Crippen LogP contribution in [0.15, 0.2) is 0 Å². The summed E-state index contributed by atoms with van der Waals surface area (Å²) in [7, 11) is 0. The molecule has 0 aromatic carbocycles. The molecule has 0 aliphatic rings. The van der Waals surface area contributed by atoms with Gasteiger partial charge >= 0.3 is 0 Å². The van der Waals surface area contributed by atoms with Crippen molar-refractivity contribution in [2.24, 2.45) is 0 Å². The molecule has 0 heterocycles. The van der Waals surface area contributed by atoms with Crippen LogP contribution in [-0.2, 0) is 9.57 Å². The molecule has 0 fully saturated rings. The predicted molar refractivity (Wildman–Crippen MR) is 29.2 cm³/mol. The molecule has 1 unspecified atom stereocenters. The normalized spacial score (nSPS) is 12.7. The number of nitrogens with zero attached hydrogens (tertiary/aromatic N) is 1. The lowest BCUT2D eigenvalue weighted by Crippen LogP contribution is -2.16. The van der Waals surface area contributed by atoms with Crippen molar-refractivity contribution in [1.29, 1.82) is 0 Å². The van der Waals surface area contributed by atoms with Crippen LogP contribution < -0.4 is 0 Å². The first kappa shape index (κ1) is 8.16. The molecule has 54 valence electrons. The summed E-state index contributed by atoms with van der Waals surface area (Å²) in [5, 5.41) is 8.71. The van der Waals surface area contributed by atoms with Crippen LogP contribution in [-0.4, -0.2) is 18.0 Å². The van der Waals surface area contributed by atoms with Gasteiger partial charge in [0, 0.05) is 6.61 Å². The first-order valence-corrected chi connectivity index (χ1v) is 2.59. The van der Waals surface area contributed by atoms with Gasteiger partial charge in [0.2, 0.25) is 6.29 Å². The molecule has 0 N–H and O–H groups in total. The largest absolute Gasteiger partial charge is 0.353 e. The van der Waals surface area contributed by atoms with Gasteiger partial charge in [-0.15, -0.1) is 10.1 Å². The molecule has 0 aliphatic carbocycles. The highest BCUT2D eigenvalue weighted by molar-refractivity contribution is 4.21. The highest BCUT2D eigenvalue weighted by atomic mass is 17.0. The van der Waals surface area contributed by atoms with Crippen LogP contribution in [0.2, 0.25) is 0 Å². The maximum Gasteiger partial charge on any atom is 0.297 e. The van der Waals surface area contributed by atoms with E-state index in [2.05, 4.69) is 9.57 Å². The zero-order chi connectivity index (χ0) is 7.28. The Kier molecular flexibility index (Phi) is 3.70. The zero-order valence-corrected chi connectivity index (χ0v) is 5.36. The van der Waals surface area contributed by atoms with Crippen molar-refractivity contribution >= 4 is 0 Å². The molecule has 0 bridgehead atoms. The fourth-order valence-corrected chi connectivity index (χ4v) is 0.386. The summed E-state index contributed by atoms with van der Waals surface area (Å²) in [6, 6.07) is 0. The van der Waals surface area contributed by atoms with E-state index in [-0.39, 0.29) is 0 Å². The SMILES string of the molecule is CCOC(C)O[N+](=O)[O-]. The van der Waals surface area contributed by atoms with Crippen molar-refractivity contribution in [2.45, 2.75) is 20.1 Å². The number of ether oxygens (including phenoxy) is 1. The Balaban J connectivity index is 3.26. The van der Waals surface area contributed by atoms with Crippen molar-refractivity contribution in [3.05, 3.63) is 10.1 Å². The molecule has 0 spiro atoms. The molecule has 0 aromatic rings. The quantitative estimate of drug-likeness (QED) is 0.321. The molecular formula is C4H9NO4. The lowest BCUT2D eigenvalue weighted by molar-refractivity contribution is -0.779. The van der Waals surface area contributed by atoms with Crippen LogP contribution in [0.4, 0.5) is 0 Å². The summed E-state index contributed by atoms with van der Waals surface area (Å²) < 4.78 is 4.69. The third-order valence-electron chi connectivity index (χ3n) is 0.636. The Morgan fingerprint density at radius 1 is 1.78 bits per heavy atom. The third kappa shape index (κ3) is 5.02. The average Bonchev–Trinajstić information content (AvgIpc) is 1.63. The van der Waals surface area contributed by atoms with Gasteiger partial charge in [0.25, 0.3) is 5.09 Å². The van der Waals surface area contributed by atoms with Crippen LogP contribution in [0.5, 0.6) is 0 Å². The minimum Gasteiger partial charge on any atom is -0.353 e. The minimum absolute atomic E-state index is 0.412. The van der Waals surface area contributed by atoms with E-state index in [0.717, 1.165) is 0 Å². The maximum atomic E-state index is 9.59. The number of hydrogen-bond acceptors (Lipinski definition) is 4. The Morgan fingerprint density at radius 2 is 2.33 bits per heavy atom. The third-order valence-corrected chi connectivity index (χ3v) is 0.636. The van der Waals surface area contributed by atoms with Gasteiger partial charge in [-0.3, -0.25) is 4.84 Å². The van der Waals surface area contributed by atoms with E-state index in [0.29, 0.717) is 6.61 Å². The maximum absolute atomic E-state index is 9.59. The van der Waals surface area contributed by atoms with Crippen LogP contribution in [0.3, 0.4) is 0 Å². The molecule has 0 saturated heterocycles. The Labute approximate surface area is 52.7 Å². The van der Waals surface area contributed by atoms with E-state index in [9.17, 15) is 10.1 Å². The second-order valence-corrected chi connectivity index (χ2v) is 1.35. The van der Waals surface area contributed by atoms with Gasteiger partial charge in [0.1, 0.15) is 0 Å². The van der Waals surface area contributed by atoms with E-state index < -0.39 is 11.4 Å². The highest BCUT2D eigenvalue weighted by Gasteiger charge is 2.03. The molecule has 1 atom stereocenters. The van der Waals surface area contributed by atoms with Crippen molar-refractivity contribution in [3.8, 4) is 0 Å². The van der Waals surface area contributed by atoms with E-state index >= 15 is 0 Å². The summed E-state index contributed by atoms with van der Waals surface area (Å²) in [6.07, 6.45) is -0.759. The topological polar surface area (TPSA) is 61.6 Å². The summed E-state index contributed by atoms with van der Waals surface area (Å²) in [4.78, 5) is 13.6. The second kappa shape index (κ2) is 4.08. The summed E-state index contributed by atoms with van der Waals surface area (Å²) >= 11 is 0. The second-order valence-electron chi connectivity index (χ2n) is 1.35. The van der Waals surface area contributed by atoms with Gasteiger partial charge in [0.15, 0.2) is 0 Å². The summed E-state index contributed by atoms with van der Waals surface area (Å²) in [6.45, 7) is 3.61. The molecule has 0 rings (SSSR count). The van der Waals surface area contributed by atoms with Gasteiger partial charge < -0.3 is 4.74 Å². The molecular weight excluding hydrogens is 126 g/mol. The van der Waals surface area contributed by atoms with E-state index in [1.807, 2.05) is 0 Å². The molecule has 5 nitrogen and oxygen atoms in total. The molecule has 0 radical (unpaired) electrons. The Hall–Kier alpha value is -0.840. The predicted octanol–water partition coefficient (Wildman–Crippen LogP) is 0.577. The fraction of sp³-hybridized carbons (Fsp3) is 1.00. The van der Waals surface area contributed by atoms with Gasteiger partial charge in [-0.25, -0.2) is 0 Å². The van der Waals surface area contributed by atoms with Gasteiger partial charge in [0.05, 0.1) is 0 Å². The van der Waals surface area contributed by atoms with Gasteiger partial charge in [-0.05, 0) is 13.8 Å². The summed E-state index contributed by atoms with van der Waals surface area (Å²) in [5.41, 5.74) is 0. The van der Waals surface area contributed by atoms with Crippen molar-refractivity contribution in [3.63, 3.8) is 0 Å². The van der Waals surface area contributed by atoms with Crippen LogP contribution in [0.25, 0.3) is 0 Å². The van der Waals surface area contributed by atoms with Crippen LogP contribution >= 0.6 is 0 Å². The van der Waals surface area contributed by atoms with Crippen molar-refractivity contribution < 1.29 is 14.7 Å². The fourth-order valence-electron chi connectivity index (χ4n) is 0.386. The molecule has 0 aliphatic heterocycles. The molecule has 9 heavy (non-hydrogen) atoms. The highest BCUT2D eigenvalue weighted by Crippen LogP contribution is 1.91. The molecule has 0 saturated carbocycles. The number of hydrogen-bond donors (Lipinski definition) is 0. The Bertz CT molecular complexity index is 94.6. The zero-order valence-electron chi connectivity index (χ0n) is 5.36. The van der Waals surface area contributed by atoms with Crippen molar-refractivity contribution in [2.75, 3.05) is 6.61 Å². The molecule has 0 amide bonds. The molecule has 0 aromatic heterocycles. The van der Waals surface area contributed by atoms with Crippen LogP contribution in [0, 0.1) is 10.1 Å². The van der Waals surface area contributed by atoms with Gasteiger partial charge in [-0.2, -0.15) is 0 Å². The first-order chi connectivity index (χ1) is 4.16. The van der Waals surface area contributed by atoms with E-state index in [4.69, 9.17) is 0 Å². The van der Waals surface area contributed by atoms with Crippen molar-refractivity contribution in [1.82, 2.24) is 0 Å². The monoisotopic (exact) mass is 135 g/mol. The Morgan fingerprint density at radius 3 is 2.67 bits per heavy atom. The standard InChI is InChI=1S/C4H9NO4/c1-3-8-4(2)9-5(6)7/h4H,3H2,1-2H3. The smallest absolute Gasteiger partial charge is 0.297 e. The average molecular weight is 135 g/mol. The summed E-state index contributed by atoms with van der Waals surface area (Å²) in [5.74, 6) is 0. The van der Waals surface area contributed by atoms with E-state index in [1.165, 1.54) is 6.92 Å². The number of rotatable bonds is 4. The lowest BCUT2D eigenvalue weighted by atomic mass is 10.7. The van der Waals surface area contributed by atoms with Crippen LogP contribution in [0.1, 0.15) is 13.8 Å². The molecule has 5 heteroatoms.